The highest BCUT2D eigenvalue weighted by atomic mass is 16.5. The fraction of sp³-hybridized carbons (Fsp3) is 0.333. The molecule has 2 rings (SSSR count). The summed E-state index contributed by atoms with van der Waals surface area (Å²) in [7, 11) is 1.88. The van der Waals surface area contributed by atoms with Gasteiger partial charge in [0, 0.05) is 12.6 Å². The van der Waals surface area contributed by atoms with Crippen molar-refractivity contribution in [2.75, 3.05) is 7.05 Å². The van der Waals surface area contributed by atoms with Crippen LogP contribution in [0, 0.1) is 0 Å². The molecule has 0 unspecified atom stereocenters. The number of rotatable bonds is 5. The summed E-state index contributed by atoms with van der Waals surface area (Å²) in [5.41, 5.74) is 2.19. The lowest BCUT2D eigenvalue weighted by molar-refractivity contribution is 0.453. The van der Waals surface area contributed by atoms with Gasteiger partial charge in [-0.25, -0.2) is 0 Å². The first-order valence-electron chi connectivity index (χ1n) is 6.44. The van der Waals surface area contributed by atoms with Gasteiger partial charge in [-0.05, 0) is 36.7 Å². The smallest absolute Gasteiger partial charge is 0.238 e. The summed E-state index contributed by atoms with van der Waals surface area (Å²) in [5, 5.41) is 11.1. The summed E-state index contributed by atoms with van der Waals surface area (Å²) < 4.78 is 5.65. The van der Waals surface area contributed by atoms with Gasteiger partial charge in [0.2, 0.25) is 5.88 Å². The maximum absolute atomic E-state index is 5.65. The van der Waals surface area contributed by atoms with E-state index < -0.39 is 0 Å². The molecule has 2 aromatic rings. The number of nitrogens with one attached hydrogen (secondary N) is 1. The Labute approximate surface area is 113 Å². The van der Waals surface area contributed by atoms with E-state index in [1.54, 1.807) is 0 Å². The second kappa shape index (κ2) is 6.29. The highest BCUT2D eigenvalue weighted by Gasteiger charge is 2.02. The Morgan fingerprint density at radius 2 is 1.79 bits per heavy atom. The third-order valence-corrected chi connectivity index (χ3v) is 2.82. The summed E-state index contributed by atoms with van der Waals surface area (Å²) in [4.78, 5) is 0. The molecule has 4 heteroatoms. The first-order valence-corrected chi connectivity index (χ1v) is 6.44. The van der Waals surface area contributed by atoms with E-state index in [2.05, 4.69) is 41.5 Å². The van der Waals surface area contributed by atoms with E-state index in [1.807, 2.05) is 31.3 Å². The monoisotopic (exact) mass is 257 g/mol. The van der Waals surface area contributed by atoms with Crippen LogP contribution in [0.4, 0.5) is 0 Å². The third kappa shape index (κ3) is 3.76. The standard InChI is InChI=1S/C15H19N3O/c1-11(2)12-4-7-14(8-5-12)19-15-9-6-13(10-16-3)17-18-15/h4-9,11,16H,10H2,1-3H3. The number of hydrogen-bond donors (Lipinski definition) is 1. The molecule has 0 bridgehead atoms. The molecule has 0 fully saturated rings. The van der Waals surface area contributed by atoms with Crippen molar-refractivity contribution in [1.29, 1.82) is 0 Å². The second-order valence-corrected chi connectivity index (χ2v) is 4.72. The van der Waals surface area contributed by atoms with Crippen LogP contribution in [0.15, 0.2) is 36.4 Å². The molecule has 0 aliphatic carbocycles. The SMILES string of the molecule is CNCc1ccc(Oc2ccc(C(C)C)cc2)nn1. The predicted octanol–water partition coefficient (Wildman–Crippen LogP) is 3.11. The van der Waals surface area contributed by atoms with Crippen LogP contribution in [-0.4, -0.2) is 17.2 Å². The summed E-state index contributed by atoms with van der Waals surface area (Å²) in [6, 6.07) is 11.8. The van der Waals surface area contributed by atoms with Crippen molar-refractivity contribution in [3.05, 3.63) is 47.7 Å². The van der Waals surface area contributed by atoms with E-state index in [4.69, 9.17) is 4.74 Å². The van der Waals surface area contributed by atoms with Crippen molar-refractivity contribution in [2.45, 2.75) is 26.3 Å². The maximum Gasteiger partial charge on any atom is 0.238 e. The third-order valence-electron chi connectivity index (χ3n) is 2.82. The van der Waals surface area contributed by atoms with Gasteiger partial charge in [-0.3, -0.25) is 0 Å². The highest BCUT2D eigenvalue weighted by molar-refractivity contribution is 5.31. The van der Waals surface area contributed by atoms with Crippen LogP contribution < -0.4 is 10.1 Å². The minimum absolute atomic E-state index is 0.511. The largest absolute Gasteiger partial charge is 0.438 e. The molecule has 0 aliphatic rings. The zero-order chi connectivity index (χ0) is 13.7. The summed E-state index contributed by atoms with van der Waals surface area (Å²) >= 11 is 0. The number of hydrogen-bond acceptors (Lipinski definition) is 4. The van der Waals surface area contributed by atoms with Crippen molar-refractivity contribution in [2.24, 2.45) is 0 Å². The van der Waals surface area contributed by atoms with Crippen molar-refractivity contribution in [3.63, 3.8) is 0 Å². The first kappa shape index (κ1) is 13.5. The number of benzene rings is 1. The van der Waals surface area contributed by atoms with Crippen molar-refractivity contribution < 1.29 is 4.74 Å². The molecule has 1 heterocycles. The molecule has 1 N–H and O–H groups in total. The van der Waals surface area contributed by atoms with Crippen LogP contribution in [0.3, 0.4) is 0 Å². The van der Waals surface area contributed by atoms with Gasteiger partial charge in [-0.1, -0.05) is 26.0 Å². The number of aromatic nitrogens is 2. The fourth-order valence-corrected chi connectivity index (χ4v) is 1.72. The van der Waals surface area contributed by atoms with Crippen LogP contribution in [-0.2, 0) is 6.54 Å². The zero-order valence-corrected chi connectivity index (χ0v) is 11.6. The van der Waals surface area contributed by atoms with Gasteiger partial charge in [0.1, 0.15) is 5.75 Å². The molecule has 4 nitrogen and oxygen atoms in total. The average Bonchev–Trinajstić information content (AvgIpc) is 2.42. The molecule has 0 saturated carbocycles. The maximum atomic E-state index is 5.65. The molecule has 0 radical (unpaired) electrons. The average molecular weight is 257 g/mol. The minimum Gasteiger partial charge on any atom is -0.438 e. The topological polar surface area (TPSA) is 47.0 Å². The molecular formula is C15H19N3O. The van der Waals surface area contributed by atoms with Gasteiger partial charge < -0.3 is 10.1 Å². The van der Waals surface area contributed by atoms with E-state index in [0.717, 1.165) is 11.4 Å². The van der Waals surface area contributed by atoms with E-state index in [0.29, 0.717) is 18.3 Å². The predicted molar refractivity (Wildman–Crippen MR) is 75.4 cm³/mol. The van der Waals surface area contributed by atoms with E-state index >= 15 is 0 Å². The lowest BCUT2D eigenvalue weighted by atomic mass is 10.0. The molecule has 0 saturated heterocycles. The summed E-state index contributed by atoms with van der Waals surface area (Å²) in [6.45, 7) is 5.04. The number of ether oxygens (including phenoxy) is 1. The zero-order valence-electron chi connectivity index (χ0n) is 11.6. The lowest BCUT2D eigenvalue weighted by Crippen LogP contribution is -2.07. The van der Waals surface area contributed by atoms with Crippen LogP contribution in [0.25, 0.3) is 0 Å². The van der Waals surface area contributed by atoms with Gasteiger partial charge >= 0.3 is 0 Å². The van der Waals surface area contributed by atoms with Crippen LogP contribution in [0.2, 0.25) is 0 Å². The Morgan fingerprint density at radius 1 is 1.05 bits per heavy atom. The Bertz CT molecular complexity index is 506. The molecule has 0 amide bonds. The van der Waals surface area contributed by atoms with Gasteiger partial charge in [0.25, 0.3) is 0 Å². The van der Waals surface area contributed by atoms with Crippen LogP contribution in [0.1, 0.15) is 31.0 Å². The molecule has 0 aliphatic heterocycles. The normalized spacial score (nSPS) is 10.7. The van der Waals surface area contributed by atoms with E-state index in [-0.39, 0.29) is 0 Å². The van der Waals surface area contributed by atoms with Crippen molar-refractivity contribution in [1.82, 2.24) is 15.5 Å². The van der Waals surface area contributed by atoms with Gasteiger partial charge in [-0.2, -0.15) is 5.10 Å². The molecule has 100 valence electrons. The van der Waals surface area contributed by atoms with E-state index in [9.17, 15) is 0 Å². The van der Waals surface area contributed by atoms with E-state index in [1.165, 1.54) is 5.56 Å². The van der Waals surface area contributed by atoms with Crippen molar-refractivity contribution >= 4 is 0 Å². The fourth-order valence-electron chi connectivity index (χ4n) is 1.72. The van der Waals surface area contributed by atoms with Crippen molar-refractivity contribution in [3.8, 4) is 11.6 Å². The Kier molecular flexibility index (Phi) is 4.47. The summed E-state index contributed by atoms with van der Waals surface area (Å²) in [6.07, 6.45) is 0. The van der Waals surface area contributed by atoms with Gasteiger partial charge in [-0.15, -0.1) is 5.10 Å². The number of nitrogens with zero attached hydrogens (tertiary/aromatic N) is 2. The first-order chi connectivity index (χ1) is 9.19. The van der Waals surface area contributed by atoms with Gasteiger partial charge in [0.15, 0.2) is 0 Å². The Hall–Kier alpha value is -1.94. The quantitative estimate of drug-likeness (QED) is 0.894. The van der Waals surface area contributed by atoms with Gasteiger partial charge in [0.05, 0.1) is 5.69 Å². The van der Waals surface area contributed by atoms with Crippen LogP contribution >= 0.6 is 0 Å². The second-order valence-electron chi connectivity index (χ2n) is 4.72. The molecule has 0 spiro atoms. The molecule has 0 atom stereocenters. The highest BCUT2D eigenvalue weighted by Crippen LogP contribution is 2.22. The Morgan fingerprint density at radius 3 is 2.32 bits per heavy atom. The molecular weight excluding hydrogens is 238 g/mol. The van der Waals surface area contributed by atoms with Crippen LogP contribution in [0.5, 0.6) is 11.6 Å². The molecule has 1 aromatic carbocycles. The molecule has 19 heavy (non-hydrogen) atoms. The Balaban J connectivity index is 2.04. The summed E-state index contributed by atoms with van der Waals surface area (Å²) in [5.74, 6) is 1.81. The minimum atomic E-state index is 0.511. The molecule has 1 aromatic heterocycles. The lowest BCUT2D eigenvalue weighted by Gasteiger charge is -2.08.